The van der Waals surface area contributed by atoms with Gasteiger partial charge in [-0.2, -0.15) is 4.98 Å². The Labute approximate surface area is 90.3 Å². The highest BCUT2D eigenvalue weighted by molar-refractivity contribution is 5.32. The number of hydrogen-bond acceptors (Lipinski definition) is 5. The van der Waals surface area contributed by atoms with Crippen molar-refractivity contribution in [2.45, 2.75) is 13.3 Å². The largest absolute Gasteiger partial charge is 0.476 e. The molecule has 1 rings (SSSR count). The molecule has 1 aromatic heterocycles. The highest BCUT2D eigenvalue weighted by atomic mass is 16.5. The number of nitrogen functional groups attached to an aromatic ring is 1. The summed E-state index contributed by atoms with van der Waals surface area (Å²) >= 11 is 0. The molecular formula is C10H18N4O. The Balaban J connectivity index is 2.56. The van der Waals surface area contributed by atoms with E-state index in [0.29, 0.717) is 18.3 Å². The Hall–Kier alpha value is -1.36. The van der Waals surface area contributed by atoms with Gasteiger partial charge in [-0.3, -0.25) is 0 Å². The monoisotopic (exact) mass is 210 g/mol. The summed E-state index contributed by atoms with van der Waals surface area (Å²) in [4.78, 5) is 10.3. The SMILES string of the molecule is CCc1nc(N)cc(OCCN(C)C)n1. The summed E-state index contributed by atoms with van der Waals surface area (Å²) < 4.78 is 5.47. The van der Waals surface area contributed by atoms with Gasteiger partial charge in [-0.05, 0) is 14.1 Å². The van der Waals surface area contributed by atoms with Crippen molar-refractivity contribution in [2.75, 3.05) is 33.0 Å². The number of aromatic nitrogens is 2. The number of nitrogens with two attached hydrogens (primary N) is 1. The molecule has 0 bridgehead atoms. The predicted molar refractivity (Wildman–Crippen MR) is 59.9 cm³/mol. The quantitative estimate of drug-likeness (QED) is 0.769. The zero-order valence-electron chi connectivity index (χ0n) is 9.53. The predicted octanol–water partition coefficient (Wildman–Crippen LogP) is 0.562. The van der Waals surface area contributed by atoms with E-state index in [1.165, 1.54) is 0 Å². The molecule has 0 spiro atoms. The minimum absolute atomic E-state index is 0.460. The van der Waals surface area contributed by atoms with E-state index in [2.05, 4.69) is 9.97 Å². The van der Waals surface area contributed by atoms with Gasteiger partial charge >= 0.3 is 0 Å². The van der Waals surface area contributed by atoms with Crippen LogP contribution in [0.4, 0.5) is 5.82 Å². The van der Waals surface area contributed by atoms with E-state index in [1.54, 1.807) is 6.07 Å². The molecular weight excluding hydrogens is 192 g/mol. The van der Waals surface area contributed by atoms with Crippen LogP contribution in [0.5, 0.6) is 5.88 Å². The molecule has 0 saturated heterocycles. The fourth-order valence-electron chi connectivity index (χ4n) is 1.06. The van der Waals surface area contributed by atoms with Gasteiger partial charge in [0, 0.05) is 19.0 Å². The summed E-state index contributed by atoms with van der Waals surface area (Å²) in [6, 6.07) is 1.65. The van der Waals surface area contributed by atoms with Gasteiger partial charge in [0.2, 0.25) is 5.88 Å². The van der Waals surface area contributed by atoms with E-state index in [1.807, 2.05) is 25.9 Å². The topological polar surface area (TPSA) is 64.3 Å². The fourth-order valence-corrected chi connectivity index (χ4v) is 1.06. The van der Waals surface area contributed by atoms with Crippen LogP contribution in [0.1, 0.15) is 12.7 Å². The van der Waals surface area contributed by atoms with Crippen molar-refractivity contribution in [1.29, 1.82) is 0 Å². The molecule has 0 amide bonds. The van der Waals surface area contributed by atoms with Gasteiger partial charge in [-0.15, -0.1) is 0 Å². The lowest BCUT2D eigenvalue weighted by Crippen LogP contribution is -2.20. The first-order valence-electron chi connectivity index (χ1n) is 5.02. The molecule has 0 aliphatic carbocycles. The Morgan fingerprint density at radius 1 is 1.40 bits per heavy atom. The van der Waals surface area contributed by atoms with Gasteiger partial charge in [0.05, 0.1) is 0 Å². The molecule has 1 aromatic rings. The molecule has 0 fully saturated rings. The van der Waals surface area contributed by atoms with Crippen LogP contribution in [-0.2, 0) is 6.42 Å². The van der Waals surface area contributed by atoms with Gasteiger partial charge in [0.1, 0.15) is 18.2 Å². The first kappa shape index (κ1) is 11.7. The van der Waals surface area contributed by atoms with Crippen LogP contribution >= 0.6 is 0 Å². The number of likely N-dealkylation sites (N-methyl/N-ethyl adjacent to an activating group) is 1. The van der Waals surface area contributed by atoms with Crippen LogP contribution < -0.4 is 10.5 Å². The summed E-state index contributed by atoms with van der Waals surface area (Å²) in [6.07, 6.45) is 0.759. The normalized spacial score (nSPS) is 10.7. The zero-order valence-corrected chi connectivity index (χ0v) is 9.53. The fraction of sp³-hybridized carbons (Fsp3) is 0.600. The van der Waals surface area contributed by atoms with Crippen molar-refractivity contribution in [3.63, 3.8) is 0 Å². The van der Waals surface area contributed by atoms with E-state index in [-0.39, 0.29) is 0 Å². The van der Waals surface area contributed by atoms with E-state index in [9.17, 15) is 0 Å². The number of nitrogens with zero attached hydrogens (tertiary/aromatic N) is 3. The molecule has 0 aliphatic heterocycles. The molecule has 0 aliphatic rings. The van der Waals surface area contributed by atoms with Crippen molar-refractivity contribution >= 4 is 5.82 Å². The molecule has 2 N–H and O–H groups in total. The molecule has 0 saturated carbocycles. The standard InChI is InChI=1S/C10H18N4O/c1-4-9-12-8(11)7-10(13-9)15-6-5-14(2)3/h7H,4-6H2,1-3H3,(H2,11,12,13). The van der Waals surface area contributed by atoms with E-state index < -0.39 is 0 Å². The van der Waals surface area contributed by atoms with E-state index in [4.69, 9.17) is 10.5 Å². The Bertz CT molecular complexity index is 314. The Morgan fingerprint density at radius 3 is 2.73 bits per heavy atom. The lowest BCUT2D eigenvalue weighted by atomic mass is 10.4. The second-order valence-electron chi connectivity index (χ2n) is 3.55. The van der Waals surface area contributed by atoms with E-state index >= 15 is 0 Å². The molecule has 0 atom stereocenters. The second kappa shape index (κ2) is 5.50. The average Bonchev–Trinajstić information content (AvgIpc) is 2.16. The molecule has 1 heterocycles. The smallest absolute Gasteiger partial charge is 0.218 e. The number of ether oxygens (including phenoxy) is 1. The number of aryl methyl sites for hydroxylation is 1. The van der Waals surface area contributed by atoms with Crippen LogP contribution in [0, 0.1) is 0 Å². The highest BCUT2D eigenvalue weighted by Gasteiger charge is 2.02. The second-order valence-corrected chi connectivity index (χ2v) is 3.55. The van der Waals surface area contributed by atoms with Gasteiger partial charge in [-0.1, -0.05) is 6.92 Å². The minimum Gasteiger partial charge on any atom is -0.476 e. The maximum Gasteiger partial charge on any atom is 0.218 e. The summed E-state index contributed by atoms with van der Waals surface area (Å²) in [5, 5.41) is 0. The van der Waals surface area contributed by atoms with Crippen LogP contribution in [0.15, 0.2) is 6.07 Å². The minimum atomic E-state index is 0.460. The molecule has 0 unspecified atom stereocenters. The van der Waals surface area contributed by atoms with Crippen LogP contribution in [-0.4, -0.2) is 42.1 Å². The third kappa shape index (κ3) is 4.12. The maximum absolute atomic E-state index is 5.62. The summed E-state index contributed by atoms with van der Waals surface area (Å²) in [6.45, 7) is 3.44. The third-order valence-electron chi connectivity index (χ3n) is 1.87. The van der Waals surface area contributed by atoms with Crippen molar-refractivity contribution in [3.8, 4) is 5.88 Å². The number of anilines is 1. The van der Waals surface area contributed by atoms with Gasteiger partial charge < -0.3 is 15.4 Å². The Kier molecular flexibility index (Phi) is 4.30. The number of rotatable bonds is 5. The molecule has 0 aromatic carbocycles. The lowest BCUT2D eigenvalue weighted by molar-refractivity contribution is 0.253. The third-order valence-corrected chi connectivity index (χ3v) is 1.87. The van der Waals surface area contributed by atoms with Gasteiger partial charge in [-0.25, -0.2) is 4.98 Å². The van der Waals surface area contributed by atoms with Crippen LogP contribution in [0.3, 0.4) is 0 Å². The summed E-state index contributed by atoms with van der Waals surface area (Å²) in [5.74, 6) is 1.73. The van der Waals surface area contributed by atoms with Crippen molar-refractivity contribution in [2.24, 2.45) is 0 Å². The molecule has 84 valence electrons. The highest BCUT2D eigenvalue weighted by Crippen LogP contribution is 2.10. The van der Waals surface area contributed by atoms with Crippen molar-refractivity contribution in [3.05, 3.63) is 11.9 Å². The Morgan fingerprint density at radius 2 is 2.13 bits per heavy atom. The first-order valence-corrected chi connectivity index (χ1v) is 5.02. The summed E-state index contributed by atoms with van der Waals surface area (Å²) in [5.41, 5.74) is 5.62. The zero-order chi connectivity index (χ0) is 11.3. The van der Waals surface area contributed by atoms with Crippen molar-refractivity contribution in [1.82, 2.24) is 14.9 Å². The summed E-state index contributed by atoms with van der Waals surface area (Å²) in [7, 11) is 3.99. The molecule has 5 heteroatoms. The van der Waals surface area contributed by atoms with Gasteiger partial charge in [0.25, 0.3) is 0 Å². The number of hydrogen-bond donors (Lipinski definition) is 1. The molecule has 0 radical (unpaired) electrons. The maximum atomic E-state index is 5.62. The van der Waals surface area contributed by atoms with Crippen LogP contribution in [0.2, 0.25) is 0 Å². The average molecular weight is 210 g/mol. The molecule has 5 nitrogen and oxygen atoms in total. The van der Waals surface area contributed by atoms with Crippen molar-refractivity contribution < 1.29 is 4.74 Å². The van der Waals surface area contributed by atoms with E-state index in [0.717, 1.165) is 18.8 Å². The molecule has 15 heavy (non-hydrogen) atoms. The lowest BCUT2D eigenvalue weighted by Gasteiger charge is -2.10. The van der Waals surface area contributed by atoms with Gasteiger partial charge in [0.15, 0.2) is 0 Å². The first-order chi connectivity index (χ1) is 7.11. The van der Waals surface area contributed by atoms with Crippen LogP contribution in [0.25, 0.3) is 0 Å².